The van der Waals surface area contributed by atoms with Crippen LogP contribution in [0.1, 0.15) is 188 Å². The molecule has 3 N–H and O–H groups in total. The molecule has 10 aliphatic carbocycles. The van der Waals surface area contributed by atoms with Crippen LogP contribution >= 0.6 is 0 Å². The van der Waals surface area contributed by atoms with Crippen LogP contribution in [0.25, 0.3) is 11.1 Å². The zero-order valence-electron chi connectivity index (χ0n) is 49.4. The van der Waals surface area contributed by atoms with Crippen molar-refractivity contribution in [1.82, 2.24) is 10.2 Å². The molecule has 10 fully saturated rings. The van der Waals surface area contributed by atoms with E-state index in [2.05, 4.69) is 126 Å². The van der Waals surface area contributed by atoms with Gasteiger partial charge in [0.1, 0.15) is 6.61 Å². The number of allylic oxidation sites excluding steroid dienone is 3. The van der Waals surface area contributed by atoms with Crippen molar-refractivity contribution in [3.8, 4) is 11.1 Å². The monoisotopic (exact) mass is 1070 g/mol. The third-order valence-electron chi connectivity index (χ3n) is 27.5. The lowest BCUT2D eigenvalue weighted by atomic mass is 9.56. The van der Waals surface area contributed by atoms with Crippen LogP contribution in [0.4, 0.5) is 4.79 Å². The van der Waals surface area contributed by atoms with Crippen LogP contribution < -0.4 is 5.32 Å². The first-order valence-corrected chi connectivity index (χ1v) is 32.6. The first-order valence-electron chi connectivity index (χ1n) is 32.6. The third-order valence-corrected chi connectivity index (χ3v) is 27.5. The molecule has 4 aliphatic heterocycles. The Balaban J connectivity index is 0.000000150. The fourth-order valence-corrected chi connectivity index (χ4v) is 23.4. The molecule has 0 bridgehead atoms. The van der Waals surface area contributed by atoms with Crippen molar-refractivity contribution in [2.75, 3.05) is 19.7 Å². The van der Waals surface area contributed by atoms with Crippen molar-refractivity contribution >= 4 is 6.09 Å². The van der Waals surface area contributed by atoms with Crippen molar-refractivity contribution in [3.63, 3.8) is 0 Å². The molecule has 6 saturated carbocycles. The Morgan fingerprint density at radius 2 is 1.39 bits per heavy atom. The molecular formula is C71H96N2O6. The normalized spacial score (nSPS) is 49.4. The minimum atomic E-state index is -0.182. The molecule has 1 amide bonds. The number of rotatable bonds is 2. The maximum Gasteiger partial charge on any atom is 0.410 e. The van der Waals surface area contributed by atoms with E-state index in [4.69, 9.17) is 14.2 Å². The van der Waals surface area contributed by atoms with Crippen LogP contribution in [0.5, 0.6) is 0 Å². The zero-order chi connectivity index (χ0) is 54.3. The van der Waals surface area contributed by atoms with Crippen LogP contribution in [-0.4, -0.2) is 88.6 Å². The first kappa shape index (κ1) is 52.5. The van der Waals surface area contributed by atoms with Gasteiger partial charge in [0.2, 0.25) is 0 Å². The summed E-state index contributed by atoms with van der Waals surface area (Å²) in [6, 6.07) is 17.8. The Morgan fingerprint density at radius 3 is 2.10 bits per heavy atom. The number of nitrogens with zero attached hydrogens (tertiary/aromatic N) is 1. The molecule has 8 nitrogen and oxygen atoms in total. The van der Waals surface area contributed by atoms with Gasteiger partial charge >= 0.3 is 6.09 Å². The van der Waals surface area contributed by atoms with Crippen LogP contribution in [0.2, 0.25) is 0 Å². The SMILES string of the molecule is CC1=C2C[C@H]3[C@@H](CC=C4C[C@@H](O)CC[C@@]43C)[C@@H]2CC[C@@]2(C1)O[C@@H]1C[C@H](C)CN[C@H]1[C@H]2C.C[C@H]1C[C@H]2O[C@]3(CC[C@H]4[C@@H]5CC=C6C[C@@H](O)CC[C@]6(C)[C@H]5CC45CC53C)[C@H](C)[C@@H]2N(C(=O)OCC2c3ccccc3-c3ccccc32)C1. The average molecular weight is 1070 g/mol. The molecule has 79 heavy (non-hydrogen) atoms. The summed E-state index contributed by atoms with van der Waals surface area (Å²) in [6.07, 6.45) is 25.9. The summed E-state index contributed by atoms with van der Waals surface area (Å²) < 4.78 is 20.8. The fraction of sp³-hybridized carbons (Fsp3) is 0.732. The zero-order valence-corrected chi connectivity index (χ0v) is 49.4. The number of carbonyl (C=O) groups excluding carboxylic acids is 1. The van der Waals surface area contributed by atoms with Crippen LogP contribution in [-0.2, 0) is 14.2 Å². The van der Waals surface area contributed by atoms with E-state index in [9.17, 15) is 15.0 Å². The number of aliphatic hydroxyl groups excluding tert-OH is 2. The predicted molar refractivity (Wildman–Crippen MR) is 311 cm³/mol. The molecule has 2 aromatic rings. The van der Waals surface area contributed by atoms with Gasteiger partial charge in [0.05, 0.1) is 41.7 Å². The second-order valence-corrected chi connectivity index (χ2v) is 30.9. The number of hydrogen-bond donors (Lipinski definition) is 3. The van der Waals surface area contributed by atoms with Crippen molar-refractivity contribution < 1.29 is 29.2 Å². The Morgan fingerprint density at radius 1 is 0.734 bits per heavy atom. The Labute approximate surface area is 473 Å². The average Bonchev–Trinajstić information content (AvgIpc) is 2.54. The summed E-state index contributed by atoms with van der Waals surface area (Å²) in [6.45, 7) is 21.9. The quantitative estimate of drug-likeness (QED) is 0.258. The summed E-state index contributed by atoms with van der Waals surface area (Å²) in [7, 11) is 0. The van der Waals surface area contributed by atoms with Gasteiger partial charge in [0.15, 0.2) is 0 Å². The minimum Gasteiger partial charge on any atom is -0.448 e. The van der Waals surface area contributed by atoms with Gasteiger partial charge in [-0.25, -0.2) is 4.79 Å². The molecule has 14 aliphatic rings. The van der Waals surface area contributed by atoms with Crippen molar-refractivity contribution in [2.24, 2.45) is 80.8 Å². The number of hydrogen-bond acceptors (Lipinski definition) is 7. The number of piperidine rings is 2. The second-order valence-electron chi connectivity index (χ2n) is 30.9. The first-order chi connectivity index (χ1) is 37.9. The van der Waals surface area contributed by atoms with Crippen molar-refractivity contribution in [3.05, 3.63) is 94.1 Å². The lowest BCUT2D eigenvalue weighted by molar-refractivity contribution is -0.147. The number of aliphatic hydroxyl groups is 2. The molecule has 4 saturated heterocycles. The van der Waals surface area contributed by atoms with Gasteiger partial charge in [-0.3, -0.25) is 0 Å². The highest BCUT2D eigenvalue weighted by atomic mass is 16.6. The maximum absolute atomic E-state index is 14.2. The highest BCUT2D eigenvalue weighted by Crippen LogP contribution is 2.87. The van der Waals surface area contributed by atoms with E-state index in [0.717, 1.165) is 106 Å². The number of fused-ring (bicyclic) bond motifs is 15. The van der Waals surface area contributed by atoms with Gasteiger partial charge in [-0.15, -0.1) is 0 Å². The summed E-state index contributed by atoms with van der Waals surface area (Å²) >= 11 is 0. The van der Waals surface area contributed by atoms with E-state index in [1.807, 2.05) is 0 Å². The summed E-state index contributed by atoms with van der Waals surface area (Å²) in [5, 5.41) is 24.7. The third kappa shape index (κ3) is 7.43. The molecule has 426 valence electrons. The number of ether oxygens (including phenoxy) is 3. The molecule has 2 aromatic carbocycles. The Kier molecular flexibility index (Phi) is 12.2. The lowest BCUT2D eigenvalue weighted by Crippen LogP contribution is -2.56. The standard InChI is InChI=1S/C43H53NO4.C28H43NO2/c1-25-19-37-38(44(22-25)39(46)47-23-34-31-11-7-5-9-29(31)30-10-6-8-12-32(30)34)26(2)43(48-37)18-16-35-33-14-13-27-20-28(45)15-17-40(27,3)36(33)21-42(35)24-41(42,43)4;1-16-11-25-26(29-15-16)18(3)28(31-25)10-8-21-22-6-5-19-12-20(30)7-9-27(19,4)24(22)13-23(21)17(2)14-28/h5-13,25-26,28,33-38,45H,14-24H2,1-4H3;5,16,18,20-22,24-26,29-30H,6-15H2,1-4H3/t25-,26+,28-,33-,35-,36-,37+,38-,40-,41?,42?,43+;16-,18+,20-,21-,22-,24-,25+,26-,27-,28-/m00/s1. The van der Waals surface area contributed by atoms with Crippen molar-refractivity contribution in [1.29, 1.82) is 0 Å². The van der Waals surface area contributed by atoms with E-state index in [1.54, 1.807) is 22.3 Å². The van der Waals surface area contributed by atoms with Gasteiger partial charge in [0, 0.05) is 35.8 Å². The largest absolute Gasteiger partial charge is 0.448 e. The molecule has 22 atom stereocenters. The van der Waals surface area contributed by atoms with E-state index in [1.165, 1.54) is 86.5 Å². The summed E-state index contributed by atoms with van der Waals surface area (Å²) in [5.41, 5.74) is 12.6. The Hall–Kier alpha value is -3.27. The molecule has 0 radical (unpaired) electrons. The fourth-order valence-electron chi connectivity index (χ4n) is 23.4. The maximum atomic E-state index is 14.2. The molecule has 8 heteroatoms. The number of likely N-dealkylation sites (tertiary alicyclic amines) is 1. The van der Waals surface area contributed by atoms with Gasteiger partial charge in [-0.1, -0.05) is 131 Å². The molecular weight excluding hydrogens is 977 g/mol. The highest BCUT2D eigenvalue weighted by Gasteiger charge is 2.85. The number of benzene rings is 2. The smallest absolute Gasteiger partial charge is 0.410 e. The lowest BCUT2D eigenvalue weighted by Gasteiger charge is -2.50. The van der Waals surface area contributed by atoms with Crippen LogP contribution in [0, 0.1) is 80.8 Å². The van der Waals surface area contributed by atoms with Gasteiger partial charge in [-0.2, -0.15) is 0 Å². The van der Waals surface area contributed by atoms with E-state index >= 15 is 0 Å². The van der Waals surface area contributed by atoms with Gasteiger partial charge in [0.25, 0.3) is 0 Å². The number of amides is 1. The predicted octanol–water partition coefficient (Wildman–Crippen LogP) is 14.1. The Bertz CT molecular complexity index is 2850. The highest BCUT2D eigenvalue weighted by molar-refractivity contribution is 5.79. The second kappa shape index (κ2) is 18.4. The van der Waals surface area contributed by atoms with E-state index in [-0.39, 0.29) is 64.3 Å². The minimum absolute atomic E-state index is 0.0534. The topological polar surface area (TPSA) is 100 Å². The number of carbonyl (C=O) groups is 1. The molecule has 2 unspecified atom stereocenters. The van der Waals surface area contributed by atoms with Crippen LogP contribution in [0.3, 0.4) is 0 Å². The van der Waals surface area contributed by atoms with Gasteiger partial charge < -0.3 is 34.6 Å². The molecule has 0 aromatic heterocycles. The molecule has 4 heterocycles. The molecule has 3 spiro atoms. The van der Waals surface area contributed by atoms with Crippen molar-refractivity contribution in [2.45, 2.75) is 225 Å². The summed E-state index contributed by atoms with van der Waals surface area (Å²) in [4.78, 5) is 16.3. The van der Waals surface area contributed by atoms with E-state index < -0.39 is 0 Å². The van der Waals surface area contributed by atoms with Crippen LogP contribution in [0.15, 0.2) is 83.0 Å². The molecule has 16 rings (SSSR count). The number of nitrogens with one attached hydrogen (secondary N) is 1. The van der Waals surface area contributed by atoms with Gasteiger partial charge in [-0.05, 0) is 215 Å². The summed E-state index contributed by atoms with van der Waals surface area (Å²) in [5.74, 6) is 6.68. The van der Waals surface area contributed by atoms with E-state index in [0.29, 0.717) is 41.4 Å².